The predicted molar refractivity (Wildman–Crippen MR) is 67.5 cm³/mol. The summed E-state index contributed by atoms with van der Waals surface area (Å²) >= 11 is 0. The third-order valence-electron chi connectivity index (χ3n) is 2.39. The third-order valence-corrected chi connectivity index (χ3v) is 2.39. The number of anilines is 3. The van der Waals surface area contributed by atoms with Gasteiger partial charge in [0.1, 0.15) is 11.3 Å². The molecule has 0 bridgehead atoms. The van der Waals surface area contributed by atoms with E-state index in [0.29, 0.717) is 17.1 Å². The van der Waals surface area contributed by atoms with Crippen LogP contribution in [0.1, 0.15) is 0 Å². The van der Waals surface area contributed by atoms with Gasteiger partial charge in [0.05, 0.1) is 6.20 Å². The Bertz CT molecular complexity index is 690. The molecule has 5 N–H and O–H groups in total. The largest absolute Gasteiger partial charge is 0.508 e. The van der Waals surface area contributed by atoms with Gasteiger partial charge in [0.25, 0.3) is 0 Å². The number of nitrogens with one attached hydrogen (secondary N) is 2. The van der Waals surface area contributed by atoms with Crippen molar-refractivity contribution < 1.29 is 5.11 Å². The number of imidazole rings is 1. The lowest BCUT2D eigenvalue weighted by atomic mass is 10.3. The van der Waals surface area contributed by atoms with E-state index >= 15 is 0 Å². The molecular weight excluding hydrogens is 232 g/mol. The van der Waals surface area contributed by atoms with E-state index in [9.17, 15) is 5.11 Å². The number of phenols is 1. The van der Waals surface area contributed by atoms with E-state index in [1.165, 1.54) is 0 Å². The zero-order valence-electron chi connectivity index (χ0n) is 9.25. The number of hydrogen-bond acceptors (Lipinski definition) is 6. The number of H-pyrrole nitrogens is 1. The van der Waals surface area contributed by atoms with Crippen LogP contribution in [0.3, 0.4) is 0 Å². The summed E-state index contributed by atoms with van der Waals surface area (Å²) in [5.41, 5.74) is 7.48. The first-order valence-electron chi connectivity index (χ1n) is 5.25. The van der Waals surface area contributed by atoms with Crippen LogP contribution >= 0.6 is 0 Å². The Morgan fingerprint density at radius 3 is 2.72 bits per heavy atom. The molecule has 0 aliphatic heterocycles. The van der Waals surface area contributed by atoms with Crippen LogP contribution in [-0.4, -0.2) is 25.0 Å². The minimum absolute atomic E-state index is 0.185. The number of hydrogen-bond donors (Lipinski definition) is 4. The summed E-state index contributed by atoms with van der Waals surface area (Å²) in [5.74, 6) is 0.935. The highest BCUT2D eigenvalue weighted by Crippen LogP contribution is 2.19. The molecule has 90 valence electrons. The van der Waals surface area contributed by atoms with Crippen LogP contribution in [0.5, 0.6) is 5.75 Å². The minimum Gasteiger partial charge on any atom is -0.508 e. The molecule has 0 atom stereocenters. The lowest BCUT2D eigenvalue weighted by Gasteiger charge is -2.01. The molecule has 0 aliphatic rings. The van der Waals surface area contributed by atoms with E-state index in [0.717, 1.165) is 5.69 Å². The van der Waals surface area contributed by atoms with E-state index < -0.39 is 0 Å². The second kappa shape index (κ2) is 3.88. The summed E-state index contributed by atoms with van der Waals surface area (Å²) in [4.78, 5) is 15.1. The Hall–Kier alpha value is -2.83. The molecule has 0 spiro atoms. The number of nitrogens with two attached hydrogens (primary N) is 1. The maximum atomic E-state index is 9.18. The van der Waals surface area contributed by atoms with Crippen molar-refractivity contribution >= 4 is 28.7 Å². The SMILES string of the molecule is Nc1ncc2[nH]c(Nc3ccc(O)cc3)nc2n1. The molecule has 2 aromatic heterocycles. The van der Waals surface area contributed by atoms with Crippen LogP contribution in [0.4, 0.5) is 17.6 Å². The molecular formula is C11H10N6O. The van der Waals surface area contributed by atoms with E-state index in [1.54, 1.807) is 30.5 Å². The average Bonchev–Trinajstić information content (AvgIpc) is 2.73. The van der Waals surface area contributed by atoms with Crippen molar-refractivity contribution in [2.75, 3.05) is 11.1 Å². The van der Waals surface area contributed by atoms with Gasteiger partial charge in [0.2, 0.25) is 11.9 Å². The van der Waals surface area contributed by atoms with Gasteiger partial charge in [-0.1, -0.05) is 0 Å². The van der Waals surface area contributed by atoms with Gasteiger partial charge in [0.15, 0.2) is 5.65 Å². The van der Waals surface area contributed by atoms with Crippen LogP contribution < -0.4 is 11.1 Å². The number of rotatable bonds is 2. The van der Waals surface area contributed by atoms with Gasteiger partial charge in [-0.05, 0) is 24.3 Å². The van der Waals surface area contributed by atoms with E-state index in [4.69, 9.17) is 5.73 Å². The van der Waals surface area contributed by atoms with Crippen molar-refractivity contribution in [3.8, 4) is 5.75 Å². The first-order chi connectivity index (χ1) is 8.70. The maximum absolute atomic E-state index is 9.18. The summed E-state index contributed by atoms with van der Waals surface area (Å²) in [5, 5.41) is 12.2. The van der Waals surface area contributed by atoms with Crippen LogP contribution in [-0.2, 0) is 0 Å². The van der Waals surface area contributed by atoms with Gasteiger partial charge >= 0.3 is 0 Å². The molecule has 0 unspecified atom stereocenters. The quantitative estimate of drug-likeness (QED) is 0.505. The number of nitrogens with zero attached hydrogens (tertiary/aromatic N) is 3. The number of benzene rings is 1. The molecule has 0 aliphatic carbocycles. The van der Waals surface area contributed by atoms with Crippen molar-refractivity contribution in [2.45, 2.75) is 0 Å². The number of fused-ring (bicyclic) bond motifs is 1. The highest BCUT2D eigenvalue weighted by atomic mass is 16.3. The highest BCUT2D eigenvalue weighted by molar-refractivity contribution is 5.74. The topological polar surface area (TPSA) is 113 Å². The second-order valence-electron chi connectivity index (χ2n) is 3.72. The molecule has 0 amide bonds. The highest BCUT2D eigenvalue weighted by Gasteiger charge is 2.05. The molecule has 1 aromatic carbocycles. The smallest absolute Gasteiger partial charge is 0.222 e. The monoisotopic (exact) mass is 242 g/mol. The molecule has 0 saturated carbocycles. The summed E-state index contributed by atoms with van der Waals surface area (Å²) in [6.45, 7) is 0. The molecule has 0 fully saturated rings. The lowest BCUT2D eigenvalue weighted by molar-refractivity contribution is 0.475. The summed E-state index contributed by atoms with van der Waals surface area (Å²) in [6, 6.07) is 6.65. The fourth-order valence-electron chi connectivity index (χ4n) is 1.56. The average molecular weight is 242 g/mol. The Balaban J connectivity index is 1.92. The fourth-order valence-corrected chi connectivity index (χ4v) is 1.56. The van der Waals surface area contributed by atoms with Gasteiger partial charge in [-0.15, -0.1) is 0 Å². The maximum Gasteiger partial charge on any atom is 0.222 e. The van der Waals surface area contributed by atoms with Crippen molar-refractivity contribution in [1.82, 2.24) is 19.9 Å². The van der Waals surface area contributed by atoms with Crippen LogP contribution in [0.25, 0.3) is 11.2 Å². The van der Waals surface area contributed by atoms with Crippen molar-refractivity contribution in [3.63, 3.8) is 0 Å². The molecule has 3 rings (SSSR count). The number of phenolic OH excluding ortho intramolecular Hbond substituents is 1. The molecule has 3 aromatic rings. The molecule has 2 heterocycles. The van der Waals surface area contributed by atoms with Crippen LogP contribution in [0, 0.1) is 0 Å². The summed E-state index contributed by atoms with van der Waals surface area (Å²) in [6.07, 6.45) is 1.58. The fraction of sp³-hybridized carbons (Fsp3) is 0. The molecule has 0 radical (unpaired) electrons. The molecule has 7 nitrogen and oxygen atoms in total. The van der Waals surface area contributed by atoms with Gasteiger partial charge in [-0.3, -0.25) is 0 Å². The number of nitrogen functional groups attached to an aromatic ring is 1. The zero-order valence-corrected chi connectivity index (χ0v) is 9.25. The van der Waals surface area contributed by atoms with Crippen LogP contribution in [0.2, 0.25) is 0 Å². The number of aromatic hydroxyl groups is 1. The van der Waals surface area contributed by atoms with E-state index in [1.807, 2.05) is 0 Å². The van der Waals surface area contributed by atoms with Crippen LogP contribution in [0.15, 0.2) is 30.5 Å². The van der Waals surface area contributed by atoms with Gasteiger partial charge in [-0.2, -0.15) is 9.97 Å². The van der Waals surface area contributed by atoms with Gasteiger partial charge in [0, 0.05) is 5.69 Å². The van der Waals surface area contributed by atoms with Gasteiger partial charge < -0.3 is 21.1 Å². The zero-order chi connectivity index (χ0) is 12.5. The Morgan fingerprint density at radius 2 is 1.94 bits per heavy atom. The lowest BCUT2D eigenvalue weighted by Crippen LogP contribution is -1.93. The number of aromatic nitrogens is 4. The summed E-state index contributed by atoms with van der Waals surface area (Å²) in [7, 11) is 0. The Morgan fingerprint density at radius 1 is 1.17 bits per heavy atom. The Kier molecular flexibility index (Phi) is 2.23. The first-order valence-corrected chi connectivity index (χ1v) is 5.25. The number of aromatic amines is 1. The summed E-state index contributed by atoms with van der Waals surface area (Å²) < 4.78 is 0. The second-order valence-corrected chi connectivity index (χ2v) is 3.72. The molecule has 7 heteroatoms. The van der Waals surface area contributed by atoms with E-state index in [2.05, 4.69) is 25.3 Å². The standard InChI is InChI=1S/C11H10N6O/c12-10-13-5-8-9(16-10)17-11(15-8)14-6-1-3-7(18)4-2-6/h1-5,18H,(H4,12,13,14,15,16,17). The minimum atomic E-state index is 0.185. The molecule has 18 heavy (non-hydrogen) atoms. The Labute approximate surface area is 102 Å². The van der Waals surface area contributed by atoms with E-state index in [-0.39, 0.29) is 11.7 Å². The van der Waals surface area contributed by atoms with Crippen molar-refractivity contribution in [3.05, 3.63) is 30.5 Å². The first kappa shape index (κ1) is 10.3. The predicted octanol–water partition coefficient (Wildman–Crippen LogP) is 1.38. The van der Waals surface area contributed by atoms with Crippen molar-refractivity contribution in [2.24, 2.45) is 0 Å². The third kappa shape index (κ3) is 1.88. The normalized spacial score (nSPS) is 10.7. The molecule has 0 saturated heterocycles. The van der Waals surface area contributed by atoms with Crippen molar-refractivity contribution in [1.29, 1.82) is 0 Å². The van der Waals surface area contributed by atoms with Gasteiger partial charge in [-0.25, -0.2) is 4.98 Å².